The number of para-hydroxylation sites is 1. The second-order valence-corrected chi connectivity index (χ2v) is 7.56. The van der Waals surface area contributed by atoms with Crippen molar-refractivity contribution in [1.82, 2.24) is 25.3 Å². The molecule has 2 saturated heterocycles. The molecule has 0 bridgehead atoms. The van der Waals surface area contributed by atoms with Gasteiger partial charge in [-0.15, -0.1) is 12.4 Å². The van der Waals surface area contributed by atoms with E-state index in [0.29, 0.717) is 37.9 Å². The van der Waals surface area contributed by atoms with Crippen LogP contribution in [0, 0.1) is 0 Å². The lowest BCUT2D eigenvalue weighted by Gasteiger charge is -2.22. The van der Waals surface area contributed by atoms with Gasteiger partial charge in [0.05, 0.1) is 18.6 Å². The van der Waals surface area contributed by atoms with Gasteiger partial charge in [-0.2, -0.15) is 5.10 Å². The van der Waals surface area contributed by atoms with Crippen LogP contribution in [0.5, 0.6) is 5.75 Å². The smallest absolute Gasteiger partial charge is 0.272 e. The Bertz CT molecular complexity index is 838. The Labute approximate surface area is 182 Å². The van der Waals surface area contributed by atoms with Gasteiger partial charge in [0, 0.05) is 25.7 Å². The first-order valence-corrected chi connectivity index (χ1v) is 10.2. The molecule has 2 aliphatic rings. The number of nitrogens with zero attached hydrogens (tertiary/aromatic N) is 3. The van der Waals surface area contributed by atoms with Crippen molar-refractivity contribution < 1.29 is 14.3 Å². The summed E-state index contributed by atoms with van der Waals surface area (Å²) in [6.07, 6.45) is 4.34. The Morgan fingerprint density at radius 3 is 2.87 bits per heavy atom. The van der Waals surface area contributed by atoms with Crippen LogP contribution in [-0.2, 0) is 4.79 Å². The van der Waals surface area contributed by atoms with Crippen molar-refractivity contribution in [3.63, 3.8) is 0 Å². The van der Waals surface area contributed by atoms with E-state index >= 15 is 0 Å². The van der Waals surface area contributed by atoms with Crippen LogP contribution in [0.25, 0.3) is 0 Å². The first kappa shape index (κ1) is 22.1. The molecule has 2 fully saturated rings. The van der Waals surface area contributed by atoms with Crippen LogP contribution in [0.4, 0.5) is 0 Å². The fourth-order valence-electron chi connectivity index (χ4n) is 3.86. The molecule has 2 amide bonds. The molecule has 2 aromatic rings. The number of likely N-dealkylation sites (tertiary alicyclic amines) is 1. The average molecular weight is 434 g/mol. The highest BCUT2D eigenvalue weighted by Crippen LogP contribution is 2.16. The quantitative estimate of drug-likeness (QED) is 0.693. The van der Waals surface area contributed by atoms with Crippen LogP contribution in [-0.4, -0.2) is 65.3 Å². The third kappa shape index (κ3) is 5.52. The van der Waals surface area contributed by atoms with Gasteiger partial charge >= 0.3 is 0 Å². The fourth-order valence-corrected chi connectivity index (χ4v) is 3.86. The van der Waals surface area contributed by atoms with Crippen LogP contribution < -0.4 is 15.4 Å². The summed E-state index contributed by atoms with van der Waals surface area (Å²) in [6, 6.07) is 11.4. The minimum atomic E-state index is -0.229. The number of hydrogen-bond acceptors (Lipinski definition) is 5. The van der Waals surface area contributed by atoms with Gasteiger partial charge in [-0.3, -0.25) is 14.3 Å². The summed E-state index contributed by atoms with van der Waals surface area (Å²) in [6.45, 7) is 3.34. The maximum atomic E-state index is 12.6. The molecule has 2 unspecified atom stereocenters. The molecular weight excluding hydrogens is 406 g/mol. The first-order chi connectivity index (χ1) is 14.2. The van der Waals surface area contributed by atoms with E-state index in [0.717, 1.165) is 31.7 Å². The van der Waals surface area contributed by atoms with Crippen LogP contribution in [0.15, 0.2) is 42.6 Å². The number of aromatic nitrogens is 2. The van der Waals surface area contributed by atoms with E-state index in [4.69, 9.17) is 4.74 Å². The predicted molar refractivity (Wildman–Crippen MR) is 115 cm³/mol. The van der Waals surface area contributed by atoms with Gasteiger partial charge < -0.3 is 20.3 Å². The number of amides is 2. The zero-order chi connectivity index (χ0) is 20.1. The number of carbonyl (C=O) groups is 2. The molecule has 8 nitrogen and oxygen atoms in total. The van der Waals surface area contributed by atoms with Crippen molar-refractivity contribution in [3.05, 3.63) is 48.3 Å². The number of piperidine rings is 1. The van der Waals surface area contributed by atoms with Crippen molar-refractivity contribution in [2.24, 2.45) is 0 Å². The Morgan fingerprint density at radius 1 is 1.27 bits per heavy atom. The maximum Gasteiger partial charge on any atom is 0.272 e. The third-order valence-corrected chi connectivity index (χ3v) is 5.41. The Morgan fingerprint density at radius 2 is 2.10 bits per heavy atom. The van der Waals surface area contributed by atoms with Crippen molar-refractivity contribution in [2.45, 2.75) is 31.3 Å². The van der Waals surface area contributed by atoms with Gasteiger partial charge in [0.15, 0.2) is 0 Å². The van der Waals surface area contributed by atoms with Gasteiger partial charge in [0.1, 0.15) is 18.1 Å². The van der Waals surface area contributed by atoms with Crippen molar-refractivity contribution >= 4 is 24.2 Å². The largest absolute Gasteiger partial charge is 0.492 e. The number of carbonyl (C=O) groups excluding carboxylic acids is 2. The molecule has 1 aromatic carbocycles. The molecular formula is C21H28ClN5O3. The minimum Gasteiger partial charge on any atom is -0.492 e. The molecule has 0 aliphatic carbocycles. The fraction of sp³-hybridized carbons (Fsp3) is 0.476. The van der Waals surface area contributed by atoms with E-state index in [-0.39, 0.29) is 30.3 Å². The number of nitrogens with one attached hydrogen (secondary N) is 2. The molecule has 4 rings (SSSR count). The van der Waals surface area contributed by atoms with E-state index in [2.05, 4.69) is 15.7 Å². The summed E-state index contributed by atoms with van der Waals surface area (Å²) in [5.74, 6) is 0.589. The van der Waals surface area contributed by atoms with Gasteiger partial charge in [-0.1, -0.05) is 18.2 Å². The number of halogens is 1. The monoisotopic (exact) mass is 433 g/mol. The van der Waals surface area contributed by atoms with Crippen molar-refractivity contribution in [1.29, 1.82) is 0 Å². The molecule has 30 heavy (non-hydrogen) atoms. The highest BCUT2D eigenvalue weighted by molar-refractivity contribution is 5.93. The molecule has 2 atom stereocenters. The number of hydrogen-bond donors (Lipinski definition) is 2. The predicted octanol–water partition coefficient (Wildman–Crippen LogP) is 1.64. The van der Waals surface area contributed by atoms with Crippen molar-refractivity contribution in [3.8, 4) is 5.75 Å². The summed E-state index contributed by atoms with van der Waals surface area (Å²) >= 11 is 0. The van der Waals surface area contributed by atoms with Gasteiger partial charge in [-0.25, -0.2) is 0 Å². The summed E-state index contributed by atoms with van der Waals surface area (Å²) in [4.78, 5) is 26.5. The molecule has 3 heterocycles. The summed E-state index contributed by atoms with van der Waals surface area (Å²) in [5, 5.41) is 10.7. The Balaban J connectivity index is 0.00000256. The number of rotatable bonds is 7. The molecule has 0 saturated carbocycles. The lowest BCUT2D eigenvalue weighted by molar-refractivity contribution is -0.128. The number of benzene rings is 1. The van der Waals surface area contributed by atoms with E-state index in [9.17, 15) is 9.59 Å². The molecule has 9 heteroatoms. The third-order valence-electron chi connectivity index (χ3n) is 5.41. The zero-order valence-electron chi connectivity index (χ0n) is 16.8. The van der Waals surface area contributed by atoms with E-state index < -0.39 is 0 Å². The first-order valence-electron chi connectivity index (χ1n) is 10.2. The lowest BCUT2D eigenvalue weighted by Crippen LogP contribution is -2.38. The second kappa shape index (κ2) is 10.4. The second-order valence-electron chi connectivity index (χ2n) is 7.56. The Hall–Kier alpha value is -2.58. The highest BCUT2D eigenvalue weighted by atomic mass is 35.5. The van der Waals surface area contributed by atoms with Gasteiger partial charge in [-0.05, 0) is 37.6 Å². The van der Waals surface area contributed by atoms with Crippen LogP contribution >= 0.6 is 12.4 Å². The topological polar surface area (TPSA) is 88.5 Å². The summed E-state index contributed by atoms with van der Waals surface area (Å²) < 4.78 is 7.53. The molecule has 2 aliphatic heterocycles. The maximum absolute atomic E-state index is 12.6. The highest BCUT2D eigenvalue weighted by Gasteiger charge is 2.31. The van der Waals surface area contributed by atoms with Crippen LogP contribution in [0.2, 0.25) is 0 Å². The minimum absolute atomic E-state index is 0. The summed E-state index contributed by atoms with van der Waals surface area (Å²) in [7, 11) is 0. The standard InChI is InChI=1S/C21H27N5O3.ClH/c27-20-13-16(15-25(20)11-12-29-18-6-2-1-3-7-18)23-21(28)19-8-10-26(24-19)17-5-4-9-22-14-17;/h1-3,6-8,10,16-17,22H,4-5,9,11-15H2,(H,23,28);1H. The SMILES string of the molecule is Cl.O=C(NC1CC(=O)N(CCOc2ccccc2)C1)c1ccn(C2CCCNC2)n1. The van der Waals surface area contributed by atoms with E-state index in [1.54, 1.807) is 11.0 Å². The van der Waals surface area contributed by atoms with Gasteiger partial charge in [0.25, 0.3) is 5.91 Å². The molecule has 1 aromatic heterocycles. The zero-order valence-corrected chi connectivity index (χ0v) is 17.6. The van der Waals surface area contributed by atoms with Crippen LogP contribution in [0.3, 0.4) is 0 Å². The van der Waals surface area contributed by atoms with E-state index in [1.807, 2.05) is 41.2 Å². The van der Waals surface area contributed by atoms with Gasteiger partial charge in [0.2, 0.25) is 5.91 Å². The molecule has 2 N–H and O–H groups in total. The lowest BCUT2D eigenvalue weighted by atomic mass is 10.1. The molecule has 162 valence electrons. The molecule has 0 spiro atoms. The average Bonchev–Trinajstić information content (AvgIpc) is 3.37. The van der Waals surface area contributed by atoms with E-state index in [1.165, 1.54) is 0 Å². The normalized spacial score (nSPS) is 21.2. The number of ether oxygens (including phenoxy) is 1. The van der Waals surface area contributed by atoms with Crippen molar-refractivity contribution in [2.75, 3.05) is 32.8 Å². The summed E-state index contributed by atoms with van der Waals surface area (Å²) in [5.41, 5.74) is 0.397. The molecule has 0 radical (unpaired) electrons. The van der Waals surface area contributed by atoms with Crippen LogP contribution in [0.1, 0.15) is 35.8 Å². The Kier molecular flexibility index (Phi) is 7.70.